The van der Waals surface area contributed by atoms with E-state index < -0.39 is 0 Å². The summed E-state index contributed by atoms with van der Waals surface area (Å²) in [4.78, 5) is 13.3. The minimum atomic E-state index is -0.312. The van der Waals surface area contributed by atoms with Crippen molar-refractivity contribution in [1.29, 1.82) is 0 Å². The molecule has 3 aromatic rings. The van der Waals surface area contributed by atoms with Gasteiger partial charge in [-0.1, -0.05) is 48.5 Å². The maximum atomic E-state index is 13.2. The van der Waals surface area contributed by atoms with Crippen LogP contribution in [0.2, 0.25) is 0 Å². The van der Waals surface area contributed by atoms with Crippen molar-refractivity contribution in [1.82, 2.24) is 5.32 Å². The lowest BCUT2D eigenvalue weighted by Crippen LogP contribution is -2.31. The highest BCUT2D eigenvalue weighted by atomic mass is 32.1. The van der Waals surface area contributed by atoms with Gasteiger partial charge in [-0.05, 0) is 34.7 Å². The number of halogens is 1. The number of ether oxygens (including phenoxy) is 1. The topological polar surface area (TPSA) is 38.3 Å². The quantitative estimate of drug-likeness (QED) is 0.686. The van der Waals surface area contributed by atoms with Crippen molar-refractivity contribution in [2.75, 3.05) is 6.61 Å². The lowest BCUT2D eigenvalue weighted by atomic mass is 10.1. The van der Waals surface area contributed by atoms with Crippen molar-refractivity contribution in [2.45, 2.75) is 12.6 Å². The maximum absolute atomic E-state index is 13.2. The van der Waals surface area contributed by atoms with Crippen LogP contribution in [-0.4, -0.2) is 12.5 Å². The molecule has 0 spiro atoms. The summed E-state index contributed by atoms with van der Waals surface area (Å²) in [5, 5.41) is 4.91. The van der Waals surface area contributed by atoms with Gasteiger partial charge in [0.1, 0.15) is 12.4 Å². The molecule has 0 fully saturated rings. The number of thiophene rings is 1. The Morgan fingerprint density at radius 2 is 1.80 bits per heavy atom. The molecule has 0 aliphatic heterocycles. The minimum Gasteiger partial charge on any atom is -0.367 e. The molecule has 25 heavy (non-hydrogen) atoms. The molecule has 0 radical (unpaired) electrons. The van der Waals surface area contributed by atoms with Gasteiger partial charge in [-0.3, -0.25) is 4.79 Å². The van der Waals surface area contributed by atoms with E-state index in [0.717, 1.165) is 16.0 Å². The Morgan fingerprint density at radius 3 is 2.48 bits per heavy atom. The molecule has 5 heteroatoms. The first kappa shape index (κ1) is 17.3. The fourth-order valence-electron chi connectivity index (χ4n) is 2.47. The van der Waals surface area contributed by atoms with E-state index in [0.29, 0.717) is 6.61 Å². The van der Waals surface area contributed by atoms with Crippen LogP contribution < -0.4 is 5.32 Å². The van der Waals surface area contributed by atoms with Gasteiger partial charge < -0.3 is 10.1 Å². The van der Waals surface area contributed by atoms with Crippen molar-refractivity contribution < 1.29 is 13.9 Å². The smallest absolute Gasteiger partial charge is 0.246 e. The zero-order chi connectivity index (χ0) is 17.5. The van der Waals surface area contributed by atoms with Crippen molar-refractivity contribution in [3.63, 3.8) is 0 Å². The zero-order valence-electron chi connectivity index (χ0n) is 13.5. The Morgan fingerprint density at radius 1 is 1.04 bits per heavy atom. The van der Waals surface area contributed by atoms with Crippen molar-refractivity contribution in [3.8, 4) is 0 Å². The normalized spacial score (nSPS) is 11.9. The monoisotopic (exact) mass is 355 g/mol. The Hall–Kier alpha value is -2.50. The first-order chi connectivity index (χ1) is 12.2. The molecular formula is C20H18FNO2S. The fraction of sp³-hybridized carbons (Fsp3) is 0.150. The van der Waals surface area contributed by atoms with Crippen LogP contribution in [-0.2, 0) is 16.1 Å². The highest BCUT2D eigenvalue weighted by Gasteiger charge is 2.18. The summed E-state index contributed by atoms with van der Waals surface area (Å²) in [6.07, 6.45) is 0. The van der Waals surface area contributed by atoms with Crippen LogP contribution in [0.1, 0.15) is 22.0 Å². The molecule has 1 amide bonds. The first-order valence-electron chi connectivity index (χ1n) is 7.92. The van der Waals surface area contributed by atoms with E-state index in [2.05, 4.69) is 5.32 Å². The average molecular weight is 355 g/mol. The van der Waals surface area contributed by atoms with Gasteiger partial charge in [-0.2, -0.15) is 0 Å². The van der Waals surface area contributed by atoms with Gasteiger partial charge in [-0.15, -0.1) is 11.3 Å². The first-order valence-corrected chi connectivity index (χ1v) is 8.80. The molecule has 1 N–H and O–H groups in total. The molecule has 128 valence electrons. The van der Waals surface area contributed by atoms with Crippen LogP contribution in [0, 0.1) is 5.82 Å². The summed E-state index contributed by atoms with van der Waals surface area (Å²) >= 11 is 1.54. The molecule has 1 atom stereocenters. The van der Waals surface area contributed by atoms with Crippen LogP contribution in [0.25, 0.3) is 0 Å². The number of hydrogen-bond acceptors (Lipinski definition) is 3. The second-order valence-corrected chi connectivity index (χ2v) is 6.53. The van der Waals surface area contributed by atoms with E-state index in [1.165, 1.54) is 12.1 Å². The lowest BCUT2D eigenvalue weighted by molar-refractivity contribution is -0.126. The van der Waals surface area contributed by atoms with Gasteiger partial charge in [0.15, 0.2) is 0 Å². The molecule has 0 bridgehead atoms. The molecule has 1 unspecified atom stereocenters. The number of rotatable bonds is 7. The summed E-state index contributed by atoms with van der Waals surface area (Å²) in [6.45, 7) is 0.354. The second-order valence-electron chi connectivity index (χ2n) is 5.55. The highest BCUT2D eigenvalue weighted by molar-refractivity contribution is 7.10. The van der Waals surface area contributed by atoms with E-state index in [9.17, 15) is 9.18 Å². The Bertz CT molecular complexity index is 788. The molecular weight excluding hydrogens is 337 g/mol. The largest absolute Gasteiger partial charge is 0.367 e. The third kappa shape index (κ3) is 4.98. The third-order valence-electron chi connectivity index (χ3n) is 3.68. The van der Waals surface area contributed by atoms with Gasteiger partial charge in [0.25, 0.3) is 0 Å². The van der Waals surface area contributed by atoms with Crippen molar-refractivity contribution >= 4 is 17.2 Å². The molecule has 2 aromatic carbocycles. The molecule has 0 aliphatic rings. The predicted molar refractivity (Wildman–Crippen MR) is 96.8 cm³/mol. The molecule has 1 heterocycles. The van der Waals surface area contributed by atoms with Gasteiger partial charge >= 0.3 is 0 Å². The van der Waals surface area contributed by atoms with Crippen LogP contribution >= 0.6 is 11.3 Å². The summed E-state index contributed by atoms with van der Waals surface area (Å²) in [5.74, 6) is -0.509. The zero-order valence-corrected chi connectivity index (χ0v) is 14.3. The second kappa shape index (κ2) is 8.55. The van der Waals surface area contributed by atoms with E-state index in [4.69, 9.17) is 4.74 Å². The van der Waals surface area contributed by atoms with Gasteiger partial charge in [-0.25, -0.2) is 4.39 Å². The number of hydrogen-bond donors (Lipinski definition) is 1. The molecule has 1 aromatic heterocycles. The minimum absolute atomic E-state index is 0.0298. The van der Waals surface area contributed by atoms with Gasteiger partial charge in [0.05, 0.1) is 12.6 Å². The molecule has 0 saturated carbocycles. The van der Waals surface area contributed by atoms with Crippen LogP contribution in [0.5, 0.6) is 0 Å². The lowest BCUT2D eigenvalue weighted by Gasteiger charge is -2.18. The number of carbonyl (C=O) groups is 1. The predicted octanol–water partition coefficient (Wildman–Crippen LogP) is 4.31. The molecule has 3 rings (SSSR count). The Kier molecular flexibility index (Phi) is 5.93. The summed E-state index contributed by atoms with van der Waals surface area (Å²) in [5.41, 5.74) is 1.85. The number of nitrogens with one attached hydrogen (secondary N) is 1. The fourth-order valence-corrected chi connectivity index (χ4v) is 3.27. The van der Waals surface area contributed by atoms with E-state index in [-0.39, 0.29) is 24.4 Å². The Labute approximate surface area is 150 Å². The summed E-state index contributed by atoms with van der Waals surface area (Å²) in [7, 11) is 0. The maximum Gasteiger partial charge on any atom is 0.246 e. The molecule has 0 saturated heterocycles. The summed E-state index contributed by atoms with van der Waals surface area (Å²) in [6, 6.07) is 19.4. The van der Waals surface area contributed by atoms with E-state index in [1.54, 1.807) is 23.5 Å². The number of amides is 1. The average Bonchev–Trinajstić information content (AvgIpc) is 3.16. The Balaban J connectivity index is 1.62. The van der Waals surface area contributed by atoms with Gasteiger partial charge in [0.2, 0.25) is 5.91 Å². The standard InChI is InChI=1S/C20H18FNO2S/c21-17-10-8-16(9-11-17)20(18-7-4-12-25-18)22-19(23)14-24-13-15-5-2-1-3-6-15/h1-12,20H,13-14H2,(H,22,23). The SMILES string of the molecule is O=C(COCc1ccccc1)NC(c1ccc(F)cc1)c1cccs1. The van der Waals surface area contributed by atoms with E-state index >= 15 is 0 Å². The van der Waals surface area contributed by atoms with Gasteiger partial charge in [0, 0.05) is 4.88 Å². The van der Waals surface area contributed by atoms with Crippen LogP contribution in [0.3, 0.4) is 0 Å². The molecule has 3 nitrogen and oxygen atoms in total. The third-order valence-corrected chi connectivity index (χ3v) is 4.62. The van der Waals surface area contributed by atoms with Crippen molar-refractivity contribution in [3.05, 3.63) is 93.9 Å². The van der Waals surface area contributed by atoms with Crippen molar-refractivity contribution in [2.24, 2.45) is 0 Å². The number of carbonyl (C=O) groups excluding carboxylic acids is 1. The van der Waals surface area contributed by atoms with Crippen LogP contribution in [0.4, 0.5) is 4.39 Å². The summed E-state index contributed by atoms with van der Waals surface area (Å²) < 4.78 is 18.7. The van der Waals surface area contributed by atoms with Crippen LogP contribution in [0.15, 0.2) is 72.1 Å². The molecule has 0 aliphatic carbocycles. The number of benzene rings is 2. The highest BCUT2D eigenvalue weighted by Crippen LogP contribution is 2.26. The van der Waals surface area contributed by atoms with E-state index in [1.807, 2.05) is 47.8 Å².